The molecule has 0 radical (unpaired) electrons. The molecule has 0 spiro atoms. The number of amides is 1. The largest absolute Gasteiger partial charge is 0.464 e. The second kappa shape index (κ2) is 7.64. The quantitative estimate of drug-likeness (QED) is 0.914. The molecule has 0 unspecified atom stereocenters. The number of ether oxygens (including phenoxy) is 1. The van der Waals surface area contributed by atoms with Gasteiger partial charge in [0.1, 0.15) is 11.5 Å². The van der Waals surface area contributed by atoms with Crippen molar-refractivity contribution in [2.24, 2.45) is 0 Å². The topological polar surface area (TPSA) is 54.7 Å². The Bertz CT molecular complexity index is 695. The first kappa shape index (κ1) is 16.7. The molecule has 128 valence electrons. The first-order chi connectivity index (χ1) is 11.7. The van der Waals surface area contributed by atoms with Crippen LogP contribution in [0.25, 0.3) is 0 Å². The maximum Gasteiger partial charge on any atom is 0.221 e. The van der Waals surface area contributed by atoms with Crippen LogP contribution < -0.4 is 5.32 Å². The summed E-state index contributed by atoms with van der Waals surface area (Å²) in [6, 6.07) is 12.2. The van der Waals surface area contributed by atoms with E-state index in [9.17, 15) is 4.79 Å². The first-order valence-corrected chi connectivity index (χ1v) is 8.42. The molecule has 2 aromatic rings. The number of carbonyl (C=O) groups excluding carboxylic acids is 1. The van der Waals surface area contributed by atoms with E-state index in [4.69, 9.17) is 9.15 Å². The lowest BCUT2D eigenvalue weighted by atomic mass is 10.1. The summed E-state index contributed by atoms with van der Waals surface area (Å²) in [5, 5.41) is 2.84. The third-order valence-electron chi connectivity index (χ3n) is 4.23. The lowest BCUT2D eigenvalue weighted by Gasteiger charge is -2.34. The Balaban J connectivity index is 1.75. The Morgan fingerprint density at radius 3 is 2.96 bits per heavy atom. The molecule has 24 heavy (non-hydrogen) atoms. The van der Waals surface area contributed by atoms with Crippen LogP contribution in [-0.2, 0) is 22.5 Å². The highest BCUT2D eigenvalue weighted by Gasteiger charge is 2.27. The van der Waals surface area contributed by atoms with E-state index in [0.29, 0.717) is 6.61 Å². The van der Waals surface area contributed by atoms with Crippen LogP contribution in [0.15, 0.2) is 40.8 Å². The molecule has 1 aliphatic heterocycles. The Morgan fingerprint density at radius 2 is 2.21 bits per heavy atom. The second-order valence-electron chi connectivity index (χ2n) is 6.10. The van der Waals surface area contributed by atoms with Gasteiger partial charge in [-0.05, 0) is 29.8 Å². The van der Waals surface area contributed by atoms with Gasteiger partial charge in [0.2, 0.25) is 5.91 Å². The zero-order valence-corrected chi connectivity index (χ0v) is 14.2. The SMILES string of the molecule is CCc1ccc([C@H]2COCCN2Cc2cccc(NC(C)=O)c2)o1. The molecule has 0 aliphatic carbocycles. The minimum absolute atomic E-state index is 0.0564. The third-order valence-corrected chi connectivity index (χ3v) is 4.23. The van der Waals surface area contributed by atoms with Crippen molar-refractivity contribution in [2.75, 3.05) is 25.1 Å². The molecule has 5 heteroatoms. The maximum absolute atomic E-state index is 11.2. The van der Waals surface area contributed by atoms with Crippen molar-refractivity contribution in [3.05, 3.63) is 53.5 Å². The summed E-state index contributed by atoms with van der Waals surface area (Å²) >= 11 is 0. The van der Waals surface area contributed by atoms with Gasteiger partial charge >= 0.3 is 0 Å². The van der Waals surface area contributed by atoms with Crippen molar-refractivity contribution >= 4 is 11.6 Å². The molecule has 1 saturated heterocycles. The molecule has 5 nitrogen and oxygen atoms in total. The van der Waals surface area contributed by atoms with Crippen LogP contribution in [0.3, 0.4) is 0 Å². The predicted octanol–water partition coefficient (Wildman–Crippen LogP) is 3.37. The van der Waals surface area contributed by atoms with Gasteiger partial charge in [0, 0.05) is 32.1 Å². The number of benzene rings is 1. The average Bonchev–Trinajstić information content (AvgIpc) is 3.04. The molecular formula is C19H24N2O3. The summed E-state index contributed by atoms with van der Waals surface area (Å²) < 4.78 is 11.6. The lowest BCUT2D eigenvalue weighted by molar-refractivity contribution is -0.114. The van der Waals surface area contributed by atoms with Gasteiger partial charge in [-0.2, -0.15) is 0 Å². The Labute approximate surface area is 142 Å². The fourth-order valence-corrected chi connectivity index (χ4v) is 3.04. The molecule has 0 saturated carbocycles. The van der Waals surface area contributed by atoms with Gasteiger partial charge in [-0.25, -0.2) is 0 Å². The maximum atomic E-state index is 11.2. The fourth-order valence-electron chi connectivity index (χ4n) is 3.04. The van der Waals surface area contributed by atoms with Crippen molar-refractivity contribution in [3.63, 3.8) is 0 Å². The molecule has 1 aromatic heterocycles. The van der Waals surface area contributed by atoms with Gasteiger partial charge in [0.25, 0.3) is 0 Å². The molecule has 1 aliphatic rings. The van der Waals surface area contributed by atoms with Crippen LogP contribution in [0.1, 0.15) is 37.0 Å². The molecule has 1 N–H and O–H groups in total. The molecule has 1 aromatic carbocycles. The number of morpholine rings is 1. The van der Waals surface area contributed by atoms with E-state index in [1.54, 1.807) is 0 Å². The van der Waals surface area contributed by atoms with E-state index in [0.717, 1.165) is 48.9 Å². The lowest BCUT2D eigenvalue weighted by Crippen LogP contribution is -2.38. The Hall–Kier alpha value is -2.11. The van der Waals surface area contributed by atoms with Gasteiger partial charge in [-0.1, -0.05) is 19.1 Å². The Morgan fingerprint density at radius 1 is 1.33 bits per heavy atom. The van der Waals surface area contributed by atoms with Crippen molar-refractivity contribution in [2.45, 2.75) is 32.9 Å². The Kier molecular flexibility index (Phi) is 5.33. The van der Waals surface area contributed by atoms with Crippen LogP contribution in [-0.4, -0.2) is 30.6 Å². The smallest absolute Gasteiger partial charge is 0.221 e. The molecule has 1 atom stereocenters. The molecular weight excluding hydrogens is 304 g/mol. The van der Waals surface area contributed by atoms with E-state index in [1.165, 1.54) is 6.92 Å². The first-order valence-electron chi connectivity index (χ1n) is 8.42. The number of furan rings is 1. The standard InChI is InChI=1S/C19H24N2O3/c1-3-17-7-8-19(24-17)18-13-23-10-9-21(18)12-15-5-4-6-16(11-15)20-14(2)22/h4-8,11,18H,3,9-10,12-13H2,1-2H3,(H,20,22)/t18-/m1/s1. The van der Waals surface area contributed by atoms with Gasteiger partial charge in [0.05, 0.1) is 19.3 Å². The second-order valence-corrected chi connectivity index (χ2v) is 6.10. The van der Waals surface area contributed by atoms with Gasteiger partial charge in [-0.15, -0.1) is 0 Å². The molecule has 0 bridgehead atoms. The molecule has 1 amide bonds. The van der Waals surface area contributed by atoms with Crippen LogP contribution in [0.5, 0.6) is 0 Å². The van der Waals surface area contributed by atoms with E-state index in [1.807, 2.05) is 24.3 Å². The van der Waals surface area contributed by atoms with E-state index >= 15 is 0 Å². The predicted molar refractivity (Wildman–Crippen MR) is 92.8 cm³/mol. The summed E-state index contributed by atoms with van der Waals surface area (Å²) in [6.45, 7) is 6.63. The highest BCUT2D eigenvalue weighted by Crippen LogP contribution is 2.28. The van der Waals surface area contributed by atoms with Crippen molar-refractivity contribution in [1.29, 1.82) is 0 Å². The molecule has 2 heterocycles. The number of hydrogen-bond acceptors (Lipinski definition) is 4. The van der Waals surface area contributed by atoms with Crippen LogP contribution >= 0.6 is 0 Å². The third kappa shape index (κ3) is 4.04. The summed E-state index contributed by atoms with van der Waals surface area (Å²) in [6.07, 6.45) is 0.895. The van der Waals surface area contributed by atoms with Gasteiger partial charge in [-0.3, -0.25) is 9.69 Å². The normalized spacial score (nSPS) is 18.5. The van der Waals surface area contributed by atoms with Crippen molar-refractivity contribution in [1.82, 2.24) is 4.90 Å². The zero-order valence-electron chi connectivity index (χ0n) is 14.2. The number of rotatable bonds is 5. The highest BCUT2D eigenvalue weighted by atomic mass is 16.5. The van der Waals surface area contributed by atoms with Crippen LogP contribution in [0.2, 0.25) is 0 Å². The van der Waals surface area contributed by atoms with Crippen molar-refractivity contribution in [3.8, 4) is 0 Å². The van der Waals surface area contributed by atoms with Crippen molar-refractivity contribution < 1.29 is 13.9 Å². The minimum Gasteiger partial charge on any atom is -0.464 e. The van der Waals surface area contributed by atoms with Crippen LogP contribution in [0, 0.1) is 0 Å². The summed E-state index contributed by atoms with van der Waals surface area (Å²) in [4.78, 5) is 13.6. The van der Waals surface area contributed by atoms with E-state index in [-0.39, 0.29) is 11.9 Å². The van der Waals surface area contributed by atoms with E-state index in [2.05, 4.69) is 29.3 Å². The molecule has 1 fully saturated rings. The monoisotopic (exact) mass is 328 g/mol. The number of aryl methyl sites for hydroxylation is 1. The number of carbonyl (C=O) groups is 1. The minimum atomic E-state index is -0.0564. The molecule has 3 rings (SSSR count). The number of hydrogen-bond donors (Lipinski definition) is 1. The number of anilines is 1. The van der Waals surface area contributed by atoms with Gasteiger partial charge < -0.3 is 14.5 Å². The zero-order chi connectivity index (χ0) is 16.9. The summed E-state index contributed by atoms with van der Waals surface area (Å²) in [5.41, 5.74) is 1.99. The number of nitrogens with zero attached hydrogens (tertiary/aromatic N) is 1. The summed E-state index contributed by atoms with van der Waals surface area (Å²) in [5.74, 6) is 1.91. The summed E-state index contributed by atoms with van der Waals surface area (Å²) in [7, 11) is 0. The number of nitrogens with one attached hydrogen (secondary N) is 1. The fraction of sp³-hybridized carbons (Fsp3) is 0.421. The van der Waals surface area contributed by atoms with Gasteiger partial charge in [0.15, 0.2) is 0 Å². The van der Waals surface area contributed by atoms with E-state index < -0.39 is 0 Å². The highest BCUT2D eigenvalue weighted by molar-refractivity contribution is 5.88. The van der Waals surface area contributed by atoms with Crippen LogP contribution in [0.4, 0.5) is 5.69 Å². The average molecular weight is 328 g/mol.